The van der Waals surface area contributed by atoms with E-state index in [1.165, 1.54) is 47.4 Å². The van der Waals surface area contributed by atoms with Gasteiger partial charge in [0.2, 0.25) is 6.33 Å². The van der Waals surface area contributed by atoms with Gasteiger partial charge in [0.1, 0.15) is 11.5 Å². The monoisotopic (exact) mass is 527 g/mol. The summed E-state index contributed by atoms with van der Waals surface area (Å²) in [5.74, 6) is 0.785. The van der Waals surface area contributed by atoms with Crippen molar-refractivity contribution in [2.75, 3.05) is 19.5 Å². The molecule has 12 nitrogen and oxygen atoms in total. The van der Waals surface area contributed by atoms with Crippen molar-refractivity contribution in [1.29, 1.82) is 0 Å². The minimum absolute atomic E-state index is 0.161. The number of nitrogens with zero attached hydrogens (tertiary/aromatic N) is 6. The zero-order chi connectivity index (χ0) is 25.5. The highest BCUT2D eigenvalue weighted by Crippen LogP contribution is 2.31. The molecule has 0 aliphatic carbocycles. The topological polar surface area (TPSA) is 147 Å². The van der Waals surface area contributed by atoms with Crippen molar-refractivity contribution in [3.63, 3.8) is 0 Å². The summed E-state index contributed by atoms with van der Waals surface area (Å²) >= 11 is 2.83. The average molecular weight is 528 g/mol. The van der Waals surface area contributed by atoms with Gasteiger partial charge in [-0.05, 0) is 53.8 Å². The lowest BCUT2D eigenvalue weighted by Gasteiger charge is -2.08. The smallest absolute Gasteiger partial charge is 0.490 e. The number of amides is 1. The third-order valence-electron chi connectivity index (χ3n) is 4.71. The summed E-state index contributed by atoms with van der Waals surface area (Å²) in [7, 11) is 1.53. The maximum absolute atomic E-state index is 12.2. The van der Waals surface area contributed by atoms with Crippen molar-refractivity contribution in [3.8, 4) is 11.5 Å². The van der Waals surface area contributed by atoms with Crippen LogP contribution in [0.1, 0.15) is 18.1 Å². The molecular formula is C22H21N7O5S2. The van der Waals surface area contributed by atoms with Gasteiger partial charge in [0.05, 0.1) is 42.4 Å². The molecule has 0 unspecified atom stereocenters. The van der Waals surface area contributed by atoms with E-state index in [1.54, 1.807) is 18.2 Å². The van der Waals surface area contributed by atoms with Crippen LogP contribution in [0.4, 0.5) is 5.95 Å². The molecule has 2 aromatic carbocycles. The van der Waals surface area contributed by atoms with Crippen molar-refractivity contribution in [2.45, 2.75) is 17.8 Å². The molecule has 14 heteroatoms. The number of carbonyl (C=O) groups excluding carboxylic acids is 1. The van der Waals surface area contributed by atoms with Crippen LogP contribution in [0.5, 0.6) is 11.5 Å². The van der Waals surface area contributed by atoms with Crippen molar-refractivity contribution in [3.05, 3.63) is 64.0 Å². The normalized spacial score (nSPS) is 11.2. The van der Waals surface area contributed by atoms with E-state index >= 15 is 0 Å². The predicted octanol–water partition coefficient (Wildman–Crippen LogP) is 3.49. The fourth-order valence-corrected chi connectivity index (χ4v) is 5.05. The van der Waals surface area contributed by atoms with Crippen molar-refractivity contribution in [1.82, 2.24) is 25.2 Å². The second-order valence-corrected chi connectivity index (χ2v) is 9.45. The number of benzene rings is 2. The zero-order valence-corrected chi connectivity index (χ0v) is 20.9. The highest BCUT2D eigenvalue weighted by molar-refractivity contribution is 8.01. The fraction of sp³-hybridized carbons (Fsp3) is 0.227. The van der Waals surface area contributed by atoms with E-state index in [4.69, 9.17) is 9.47 Å². The van der Waals surface area contributed by atoms with Crippen molar-refractivity contribution in [2.24, 2.45) is 5.10 Å². The Labute approximate surface area is 213 Å². The Morgan fingerprint density at radius 3 is 2.94 bits per heavy atom. The summed E-state index contributed by atoms with van der Waals surface area (Å²) in [6.45, 7) is 2.74. The molecule has 0 radical (unpaired) electrons. The number of thioether (sulfide) groups is 1. The number of hydrazone groups is 1. The molecule has 0 spiro atoms. The molecule has 1 amide bonds. The van der Waals surface area contributed by atoms with Crippen molar-refractivity contribution >= 4 is 51.4 Å². The summed E-state index contributed by atoms with van der Waals surface area (Å²) in [5, 5.41) is 18.6. The SMILES string of the molecule is CCOc1ccc2nc(SCC(=O)N/N=C/c3ccc(OC)c(Cn4cnc([N+](=O)[O-])n4)c3)sc2c1. The van der Waals surface area contributed by atoms with Gasteiger partial charge in [-0.1, -0.05) is 16.7 Å². The van der Waals surface area contributed by atoms with E-state index in [0.29, 0.717) is 23.5 Å². The van der Waals surface area contributed by atoms with E-state index in [9.17, 15) is 14.9 Å². The Morgan fingerprint density at radius 2 is 2.19 bits per heavy atom. The van der Waals surface area contributed by atoms with Crippen LogP contribution in [0.25, 0.3) is 10.2 Å². The average Bonchev–Trinajstić information content (AvgIpc) is 3.50. The second kappa shape index (κ2) is 11.6. The number of nitrogens with one attached hydrogen (secondary N) is 1. The molecular weight excluding hydrogens is 506 g/mol. The molecule has 2 heterocycles. The maximum Gasteiger partial charge on any atom is 0.490 e. The number of aromatic nitrogens is 4. The van der Waals surface area contributed by atoms with Crippen LogP contribution in [0.3, 0.4) is 0 Å². The van der Waals surface area contributed by atoms with Gasteiger partial charge in [-0.15, -0.1) is 11.3 Å². The molecule has 0 bridgehead atoms. The number of hydrogen-bond donors (Lipinski definition) is 1. The Bertz CT molecular complexity index is 1420. The molecule has 1 N–H and O–H groups in total. The Morgan fingerprint density at radius 1 is 1.33 bits per heavy atom. The number of carbonyl (C=O) groups is 1. The lowest BCUT2D eigenvalue weighted by atomic mass is 10.1. The van der Waals surface area contributed by atoms with Crippen LogP contribution in [0.2, 0.25) is 0 Å². The molecule has 4 aromatic rings. The van der Waals surface area contributed by atoms with Crippen LogP contribution in [-0.2, 0) is 11.3 Å². The number of rotatable bonds is 11. The number of ether oxygens (including phenoxy) is 2. The molecule has 2 aromatic heterocycles. The summed E-state index contributed by atoms with van der Waals surface area (Å²) < 4.78 is 14.0. The lowest BCUT2D eigenvalue weighted by molar-refractivity contribution is -0.394. The van der Waals surface area contributed by atoms with Crippen LogP contribution >= 0.6 is 23.1 Å². The Kier molecular flexibility index (Phi) is 8.07. The maximum atomic E-state index is 12.2. The quantitative estimate of drug-likeness (QED) is 0.134. The van der Waals surface area contributed by atoms with E-state index in [-0.39, 0.29) is 18.2 Å². The Hall–Kier alpha value is -4.04. The molecule has 0 atom stereocenters. The molecule has 0 saturated heterocycles. The first-order valence-corrected chi connectivity index (χ1v) is 12.4. The van der Waals surface area contributed by atoms with E-state index in [0.717, 1.165) is 20.3 Å². The largest absolute Gasteiger partial charge is 0.496 e. The number of thiazole rings is 1. The summed E-state index contributed by atoms with van der Waals surface area (Å²) in [4.78, 5) is 30.6. The highest BCUT2D eigenvalue weighted by Gasteiger charge is 2.15. The van der Waals surface area contributed by atoms with Gasteiger partial charge < -0.3 is 19.6 Å². The van der Waals surface area contributed by atoms with E-state index < -0.39 is 10.9 Å². The number of methoxy groups -OCH3 is 1. The Balaban J connectivity index is 1.33. The summed E-state index contributed by atoms with van der Waals surface area (Å²) in [5.41, 5.74) is 4.78. The van der Waals surface area contributed by atoms with Gasteiger partial charge in [-0.25, -0.2) is 10.4 Å². The first-order valence-electron chi connectivity index (χ1n) is 10.6. The number of fused-ring (bicyclic) bond motifs is 1. The molecule has 0 fully saturated rings. The van der Waals surface area contributed by atoms with Crippen molar-refractivity contribution < 1.29 is 19.2 Å². The standard InChI is InChI=1S/C22H21N7O5S2/c1-3-34-16-5-6-17-19(9-16)36-22(25-17)35-12-20(30)26-24-10-14-4-7-18(33-2)15(8-14)11-28-13-23-21(27-28)29(31)32/h4-10,13H,3,11-12H2,1-2H3,(H,26,30)/b24-10+. The summed E-state index contributed by atoms with van der Waals surface area (Å²) in [6, 6.07) is 11.0. The van der Waals surface area contributed by atoms with Crippen LogP contribution < -0.4 is 14.9 Å². The minimum atomic E-state index is -0.660. The molecule has 186 valence electrons. The van der Waals surface area contributed by atoms with Gasteiger partial charge in [0.25, 0.3) is 5.91 Å². The first kappa shape index (κ1) is 25.1. The summed E-state index contributed by atoms with van der Waals surface area (Å²) in [6.07, 6.45) is 2.78. The highest BCUT2D eigenvalue weighted by atomic mass is 32.2. The molecule has 4 rings (SSSR count). The zero-order valence-electron chi connectivity index (χ0n) is 19.3. The van der Waals surface area contributed by atoms with Crippen LogP contribution in [0.15, 0.2) is 52.2 Å². The number of hydrogen-bond acceptors (Lipinski definition) is 11. The molecule has 0 aliphatic heterocycles. The van der Waals surface area contributed by atoms with E-state index in [2.05, 4.69) is 25.6 Å². The molecule has 0 saturated carbocycles. The van der Waals surface area contributed by atoms with Gasteiger partial charge in [0, 0.05) is 10.7 Å². The molecule has 36 heavy (non-hydrogen) atoms. The number of nitro groups is 1. The van der Waals surface area contributed by atoms with Gasteiger partial charge >= 0.3 is 5.95 Å². The van der Waals surface area contributed by atoms with Gasteiger partial charge in [0.15, 0.2) is 4.34 Å². The van der Waals surface area contributed by atoms with Crippen LogP contribution in [0, 0.1) is 10.1 Å². The fourth-order valence-electron chi connectivity index (χ4n) is 3.16. The minimum Gasteiger partial charge on any atom is -0.496 e. The third kappa shape index (κ3) is 6.34. The van der Waals surface area contributed by atoms with Crippen LogP contribution in [-0.4, -0.2) is 56.3 Å². The van der Waals surface area contributed by atoms with Gasteiger partial charge in [-0.2, -0.15) is 9.78 Å². The lowest BCUT2D eigenvalue weighted by Crippen LogP contribution is -2.19. The first-order chi connectivity index (χ1) is 17.4. The van der Waals surface area contributed by atoms with E-state index in [1.807, 2.05) is 25.1 Å². The van der Waals surface area contributed by atoms with Gasteiger partial charge in [-0.3, -0.25) is 4.79 Å². The third-order valence-corrected chi connectivity index (χ3v) is 6.87. The second-order valence-electron chi connectivity index (χ2n) is 7.19. The molecule has 0 aliphatic rings. The predicted molar refractivity (Wildman–Crippen MR) is 136 cm³/mol.